The number of nitrogen functional groups attached to an aromatic ring is 1. The Balaban J connectivity index is 1.78. The van der Waals surface area contributed by atoms with Crippen LogP contribution >= 0.6 is 0 Å². The van der Waals surface area contributed by atoms with Crippen molar-refractivity contribution in [1.82, 2.24) is 4.90 Å². The molecule has 3 rings (SSSR count). The van der Waals surface area contributed by atoms with Crippen LogP contribution in [0.15, 0.2) is 18.2 Å². The van der Waals surface area contributed by atoms with E-state index in [9.17, 15) is 0 Å². The topological polar surface area (TPSA) is 56.3 Å². The summed E-state index contributed by atoms with van der Waals surface area (Å²) in [6.07, 6.45) is 3.99. The van der Waals surface area contributed by atoms with Gasteiger partial charge in [-0.2, -0.15) is 5.26 Å². The Morgan fingerprint density at radius 1 is 1.21 bits per heavy atom. The maximum atomic E-state index is 9.07. The van der Waals surface area contributed by atoms with E-state index < -0.39 is 0 Å². The number of anilines is 2. The number of rotatable bonds is 1. The van der Waals surface area contributed by atoms with Crippen LogP contribution in [0.1, 0.15) is 24.8 Å². The minimum absolute atomic E-state index is 0.572. The SMILES string of the molecule is N#Cc1cc(N2CCN3CCCCC3C2)ccc1N. The van der Waals surface area contributed by atoms with Gasteiger partial charge in [0, 0.05) is 37.1 Å². The van der Waals surface area contributed by atoms with Crippen LogP contribution in [0, 0.1) is 11.3 Å². The number of piperidine rings is 1. The lowest BCUT2D eigenvalue weighted by atomic mass is 9.99. The number of fused-ring (bicyclic) bond motifs is 1. The van der Waals surface area contributed by atoms with Crippen LogP contribution < -0.4 is 10.6 Å². The molecule has 4 nitrogen and oxygen atoms in total. The van der Waals surface area contributed by atoms with Gasteiger partial charge in [0.15, 0.2) is 0 Å². The van der Waals surface area contributed by atoms with E-state index in [4.69, 9.17) is 11.0 Å². The van der Waals surface area contributed by atoms with E-state index in [0.717, 1.165) is 25.3 Å². The van der Waals surface area contributed by atoms with Crippen molar-refractivity contribution in [2.45, 2.75) is 25.3 Å². The van der Waals surface area contributed by atoms with Crippen molar-refractivity contribution in [1.29, 1.82) is 5.26 Å². The van der Waals surface area contributed by atoms with E-state index >= 15 is 0 Å². The monoisotopic (exact) mass is 256 g/mol. The fourth-order valence-corrected chi connectivity index (χ4v) is 3.23. The number of benzene rings is 1. The molecule has 0 spiro atoms. The van der Waals surface area contributed by atoms with E-state index in [0.29, 0.717) is 17.3 Å². The quantitative estimate of drug-likeness (QED) is 0.779. The maximum absolute atomic E-state index is 9.07. The molecule has 2 N–H and O–H groups in total. The summed E-state index contributed by atoms with van der Waals surface area (Å²) in [7, 11) is 0. The van der Waals surface area contributed by atoms with Crippen LogP contribution in [-0.2, 0) is 0 Å². The first kappa shape index (κ1) is 12.3. The average Bonchev–Trinajstić information content (AvgIpc) is 2.47. The van der Waals surface area contributed by atoms with Gasteiger partial charge in [-0.05, 0) is 37.6 Å². The highest BCUT2D eigenvalue weighted by Gasteiger charge is 2.28. The number of hydrogen-bond donors (Lipinski definition) is 1. The summed E-state index contributed by atoms with van der Waals surface area (Å²) in [6.45, 7) is 4.51. The molecule has 2 saturated heterocycles. The molecule has 0 aliphatic carbocycles. The van der Waals surface area contributed by atoms with Crippen molar-refractivity contribution in [3.05, 3.63) is 23.8 Å². The molecule has 4 heteroatoms. The largest absolute Gasteiger partial charge is 0.398 e. The van der Waals surface area contributed by atoms with Crippen LogP contribution in [-0.4, -0.2) is 37.1 Å². The summed E-state index contributed by atoms with van der Waals surface area (Å²) in [6, 6.07) is 8.66. The normalized spacial score (nSPS) is 23.7. The van der Waals surface area contributed by atoms with Gasteiger partial charge in [0.05, 0.1) is 5.56 Å². The van der Waals surface area contributed by atoms with E-state index in [2.05, 4.69) is 15.9 Å². The van der Waals surface area contributed by atoms with Gasteiger partial charge in [0.2, 0.25) is 0 Å². The fraction of sp³-hybridized carbons (Fsp3) is 0.533. The zero-order valence-electron chi connectivity index (χ0n) is 11.2. The van der Waals surface area contributed by atoms with Gasteiger partial charge in [0.25, 0.3) is 0 Å². The third-order valence-electron chi connectivity index (χ3n) is 4.36. The third kappa shape index (κ3) is 2.39. The smallest absolute Gasteiger partial charge is 0.101 e. The van der Waals surface area contributed by atoms with E-state index in [1.54, 1.807) is 0 Å². The van der Waals surface area contributed by atoms with Crippen LogP contribution in [0.25, 0.3) is 0 Å². The molecule has 1 aromatic rings. The third-order valence-corrected chi connectivity index (χ3v) is 4.36. The minimum atomic E-state index is 0.572. The molecule has 1 unspecified atom stereocenters. The highest BCUT2D eigenvalue weighted by atomic mass is 15.3. The molecular weight excluding hydrogens is 236 g/mol. The van der Waals surface area contributed by atoms with Gasteiger partial charge in [-0.15, -0.1) is 0 Å². The second kappa shape index (κ2) is 5.10. The van der Waals surface area contributed by atoms with Crippen LogP contribution in [0.5, 0.6) is 0 Å². The van der Waals surface area contributed by atoms with Crippen molar-refractivity contribution in [3.63, 3.8) is 0 Å². The maximum Gasteiger partial charge on any atom is 0.101 e. The molecule has 2 aliphatic heterocycles. The molecule has 0 amide bonds. The first-order valence-corrected chi connectivity index (χ1v) is 7.06. The Morgan fingerprint density at radius 2 is 2.11 bits per heavy atom. The zero-order valence-corrected chi connectivity index (χ0v) is 11.2. The average molecular weight is 256 g/mol. The molecule has 0 saturated carbocycles. The zero-order chi connectivity index (χ0) is 13.2. The number of nitrogens with zero attached hydrogens (tertiary/aromatic N) is 3. The molecule has 0 bridgehead atoms. The second-order valence-electron chi connectivity index (χ2n) is 5.51. The molecule has 1 atom stereocenters. The second-order valence-corrected chi connectivity index (χ2v) is 5.51. The lowest BCUT2D eigenvalue weighted by Crippen LogP contribution is -2.54. The molecule has 1 aromatic carbocycles. The Bertz CT molecular complexity index is 505. The number of hydrogen-bond acceptors (Lipinski definition) is 4. The van der Waals surface area contributed by atoms with Gasteiger partial charge in [0.1, 0.15) is 6.07 Å². The standard InChI is InChI=1S/C15H20N4/c16-10-12-9-13(4-5-15(12)17)19-8-7-18-6-2-1-3-14(18)11-19/h4-5,9,14H,1-3,6-8,11,17H2. The highest BCUT2D eigenvalue weighted by molar-refractivity contribution is 5.63. The Hall–Kier alpha value is -1.73. The predicted molar refractivity (Wildman–Crippen MR) is 77.0 cm³/mol. The fourth-order valence-electron chi connectivity index (χ4n) is 3.23. The summed E-state index contributed by atoms with van der Waals surface area (Å²) < 4.78 is 0. The van der Waals surface area contributed by atoms with E-state index in [1.807, 2.05) is 18.2 Å². The van der Waals surface area contributed by atoms with Crippen LogP contribution in [0.4, 0.5) is 11.4 Å². The lowest BCUT2D eigenvalue weighted by Gasteiger charge is -2.45. The van der Waals surface area contributed by atoms with Crippen molar-refractivity contribution in [3.8, 4) is 6.07 Å². The Labute approximate surface area is 114 Å². The van der Waals surface area contributed by atoms with Crippen LogP contribution in [0.2, 0.25) is 0 Å². The summed E-state index contributed by atoms with van der Waals surface area (Å²) in [5.41, 5.74) is 8.08. The number of nitrogens with two attached hydrogens (primary N) is 1. The highest BCUT2D eigenvalue weighted by Crippen LogP contribution is 2.26. The molecule has 2 fully saturated rings. The number of nitriles is 1. The molecule has 2 heterocycles. The van der Waals surface area contributed by atoms with Gasteiger partial charge in [-0.1, -0.05) is 6.42 Å². The summed E-state index contributed by atoms with van der Waals surface area (Å²) in [5, 5.41) is 9.07. The van der Waals surface area contributed by atoms with E-state index in [1.165, 1.54) is 25.8 Å². The first-order chi connectivity index (χ1) is 9.28. The van der Waals surface area contributed by atoms with E-state index in [-0.39, 0.29) is 0 Å². The minimum Gasteiger partial charge on any atom is -0.398 e. The molecular formula is C15H20N4. The molecule has 19 heavy (non-hydrogen) atoms. The van der Waals surface area contributed by atoms with Gasteiger partial charge < -0.3 is 10.6 Å². The summed E-state index contributed by atoms with van der Waals surface area (Å²) in [4.78, 5) is 5.01. The molecule has 2 aliphatic rings. The van der Waals surface area contributed by atoms with Crippen molar-refractivity contribution >= 4 is 11.4 Å². The number of piperazine rings is 1. The first-order valence-electron chi connectivity index (χ1n) is 7.06. The predicted octanol–water partition coefficient (Wildman–Crippen LogP) is 1.81. The Morgan fingerprint density at radius 3 is 2.95 bits per heavy atom. The van der Waals surface area contributed by atoms with Crippen molar-refractivity contribution in [2.24, 2.45) is 0 Å². The lowest BCUT2D eigenvalue weighted by molar-refractivity contribution is 0.133. The molecule has 100 valence electrons. The van der Waals surface area contributed by atoms with Gasteiger partial charge in [-0.25, -0.2) is 0 Å². The van der Waals surface area contributed by atoms with Gasteiger partial charge in [-0.3, -0.25) is 4.90 Å². The molecule has 0 radical (unpaired) electrons. The van der Waals surface area contributed by atoms with Gasteiger partial charge >= 0.3 is 0 Å². The Kier molecular flexibility index (Phi) is 3.31. The summed E-state index contributed by atoms with van der Waals surface area (Å²) in [5.74, 6) is 0. The van der Waals surface area contributed by atoms with Crippen LogP contribution in [0.3, 0.4) is 0 Å². The van der Waals surface area contributed by atoms with Crippen molar-refractivity contribution in [2.75, 3.05) is 36.8 Å². The summed E-state index contributed by atoms with van der Waals surface area (Å²) >= 11 is 0. The molecule has 0 aromatic heterocycles. The van der Waals surface area contributed by atoms with Crippen molar-refractivity contribution < 1.29 is 0 Å².